The Morgan fingerprint density at radius 2 is 1.31 bits per heavy atom. The van der Waals surface area contributed by atoms with E-state index in [9.17, 15) is 0 Å². The van der Waals surface area contributed by atoms with Gasteiger partial charge in [0, 0.05) is 0 Å². The Balaban J connectivity index is 2.19. The molecule has 0 heterocycles. The zero-order chi connectivity index (χ0) is 18.3. The summed E-state index contributed by atoms with van der Waals surface area (Å²) in [4.78, 5) is 0. The van der Waals surface area contributed by atoms with Gasteiger partial charge in [-0.15, -0.1) is 0 Å². The van der Waals surface area contributed by atoms with E-state index in [2.05, 4.69) is 94.4 Å². The van der Waals surface area contributed by atoms with Crippen molar-refractivity contribution in [3.63, 3.8) is 0 Å². The lowest BCUT2D eigenvalue weighted by Crippen LogP contribution is -1.99. The van der Waals surface area contributed by atoms with Gasteiger partial charge in [0.15, 0.2) is 0 Å². The summed E-state index contributed by atoms with van der Waals surface area (Å²) in [6.45, 7) is 9.10. The van der Waals surface area contributed by atoms with Crippen molar-refractivity contribution in [3.05, 3.63) is 83.4 Å². The third-order valence-electron chi connectivity index (χ3n) is 5.81. The highest BCUT2D eigenvalue weighted by molar-refractivity contribution is 6.16. The Morgan fingerprint density at radius 3 is 1.96 bits per heavy atom. The first kappa shape index (κ1) is 16.8. The average molecular weight is 338 g/mol. The molecule has 0 saturated carbocycles. The molecule has 4 aromatic carbocycles. The van der Waals surface area contributed by atoms with Crippen LogP contribution in [0.2, 0.25) is 0 Å². The molecule has 130 valence electrons. The molecule has 1 unspecified atom stereocenters. The molecule has 4 rings (SSSR count). The maximum atomic E-state index is 2.38. The van der Waals surface area contributed by atoms with E-state index in [1.807, 2.05) is 0 Å². The van der Waals surface area contributed by atoms with Crippen molar-refractivity contribution in [1.82, 2.24) is 0 Å². The number of rotatable bonds is 3. The van der Waals surface area contributed by atoms with Crippen LogP contribution in [0.4, 0.5) is 0 Å². The van der Waals surface area contributed by atoms with E-state index in [4.69, 9.17) is 0 Å². The molecular weight excluding hydrogens is 312 g/mol. The van der Waals surface area contributed by atoms with Crippen LogP contribution in [0.25, 0.3) is 32.7 Å². The fourth-order valence-corrected chi connectivity index (χ4v) is 4.20. The molecular formula is C26H26. The van der Waals surface area contributed by atoms with E-state index in [1.54, 1.807) is 0 Å². The van der Waals surface area contributed by atoms with Gasteiger partial charge in [-0.1, -0.05) is 86.1 Å². The Hall–Kier alpha value is -2.60. The van der Waals surface area contributed by atoms with Crippen LogP contribution in [0, 0.1) is 13.8 Å². The van der Waals surface area contributed by atoms with Gasteiger partial charge in [-0.3, -0.25) is 0 Å². The standard InChI is InChI=1S/C26H26/c1-5-18(3)20-15-14-17(2)16-25(20)26-19(4)21-10-6-7-11-22(21)23-12-8-9-13-24(23)26/h6-16,18H,5H2,1-4H3. The zero-order valence-corrected chi connectivity index (χ0v) is 16.1. The fourth-order valence-electron chi connectivity index (χ4n) is 4.20. The predicted octanol–water partition coefficient (Wildman–Crippen LogP) is 7.79. The molecule has 1 atom stereocenters. The van der Waals surface area contributed by atoms with Crippen LogP contribution in [0.1, 0.15) is 42.9 Å². The Bertz CT molecular complexity index is 1100. The van der Waals surface area contributed by atoms with E-state index < -0.39 is 0 Å². The van der Waals surface area contributed by atoms with E-state index in [1.165, 1.54) is 49.4 Å². The average Bonchev–Trinajstić information content (AvgIpc) is 2.68. The van der Waals surface area contributed by atoms with Crippen molar-refractivity contribution in [2.75, 3.05) is 0 Å². The zero-order valence-electron chi connectivity index (χ0n) is 16.1. The van der Waals surface area contributed by atoms with Crippen molar-refractivity contribution < 1.29 is 0 Å². The van der Waals surface area contributed by atoms with Crippen molar-refractivity contribution >= 4 is 21.5 Å². The highest BCUT2D eigenvalue weighted by atomic mass is 14.2. The van der Waals surface area contributed by atoms with Crippen LogP contribution in [0.5, 0.6) is 0 Å². The van der Waals surface area contributed by atoms with Gasteiger partial charge < -0.3 is 0 Å². The minimum absolute atomic E-state index is 0.551. The van der Waals surface area contributed by atoms with Crippen LogP contribution < -0.4 is 0 Å². The fraction of sp³-hybridized carbons (Fsp3) is 0.231. The first-order chi connectivity index (χ1) is 12.6. The summed E-state index contributed by atoms with van der Waals surface area (Å²) in [5.74, 6) is 0.551. The largest absolute Gasteiger partial charge is 0.0648 e. The summed E-state index contributed by atoms with van der Waals surface area (Å²) < 4.78 is 0. The lowest BCUT2D eigenvalue weighted by molar-refractivity contribution is 0.735. The molecule has 0 nitrogen and oxygen atoms in total. The van der Waals surface area contributed by atoms with Crippen molar-refractivity contribution in [2.24, 2.45) is 0 Å². The molecule has 0 aliphatic carbocycles. The molecule has 0 radical (unpaired) electrons. The summed E-state index contributed by atoms with van der Waals surface area (Å²) in [7, 11) is 0. The molecule has 0 aliphatic rings. The van der Waals surface area contributed by atoms with E-state index >= 15 is 0 Å². The van der Waals surface area contributed by atoms with Gasteiger partial charge in [0.2, 0.25) is 0 Å². The molecule has 0 fully saturated rings. The number of aryl methyl sites for hydroxylation is 2. The number of benzene rings is 4. The third-order valence-corrected chi connectivity index (χ3v) is 5.81. The second-order valence-electron chi connectivity index (χ2n) is 7.49. The Kier molecular flexibility index (Phi) is 4.28. The summed E-state index contributed by atoms with van der Waals surface area (Å²) in [6, 6.07) is 24.6. The predicted molar refractivity (Wildman–Crippen MR) is 115 cm³/mol. The lowest BCUT2D eigenvalue weighted by Gasteiger charge is -2.21. The third kappa shape index (κ3) is 2.61. The quantitative estimate of drug-likeness (QED) is 0.334. The molecule has 4 aromatic rings. The number of hydrogen-bond donors (Lipinski definition) is 0. The van der Waals surface area contributed by atoms with Gasteiger partial charge in [-0.25, -0.2) is 0 Å². The van der Waals surface area contributed by atoms with Gasteiger partial charge in [-0.2, -0.15) is 0 Å². The first-order valence-electron chi connectivity index (χ1n) is 9.62. The lowest BCUT2D eigenvalue weighted by atomic mass is 9.83. The molecule has 0 heteroatoms. The van der Waals surface area contributed by atoms with E-state index in [-0.39, 0.29) is 0 Å². The minimum Gasteiger partial charge on any atom is -0.0648 e. The van der Waals surface area contributed by atoms with Crippen molar-refractivity contribution in [1.29, 1.82) is 0 Å². The molecule has 26 heavy (non-hydrogen) atoms. The van der Waals surface area contributed by atoms with Gasteiger partial charge >= 0.3 is 0 Å². The van der Waals surface area contributed by atoms with E-state index in [0.29, 0.717) is 5.92 Å². The van der Waals surface area contributed by atoms with Gasteiger partial charge in [0.1, 0.15) is 0 Å². The van der Waals surface area contributed by atoms with Crippen LogP contribution in [0.3, 0.4) is 0 Å². The second-order valence-corrected chi connectivity index (χ2v) is 7.49. The van der Waals surface area contributed by atoms with E-state index in [0.717, 1.165) is 6.42 Å². The first-order valence-corrected chi connectivity index (χ1v) is 9.62. The SMILES string of the molecule is CCC(C)c1ccc(C)cc1-c1c(C)c2ccccc2c2ccccc12. The Morgan fingerprint density at radius 1 is 0.731 bits per heavy atom. The summed E-state index contributed by atoms with van der Waals surface area (Å²) >= 11 is 0. The summed E-state index contributed by atoms with van der Waals surface area (Å²) in [6.07, 6.45) is 1.15. The monoisotopic (exact) mass is 338 g/mol. The number of fused-ring (bicyclic) bond motifs is 3. The van der Waals surface area contributed by atoms with Crippen LogP contribution in [-0.2, 0) is 0 Å². The van der Waals surface area contributed by atoms with Gasteiger partial charge in [0.05, 0.1) is 0 Å². The maximum Gasteiger partial charge on any atom is -0.00667 e. The summed E-state index contributed by atoms with van der Waals surface area (Å²) in [5.41, 5.74) is 6.97. The smallest absolute Gasteiger partial charge is 0.00667 e. The highest BCUT2D eigenvalue weighted by Gasteiger charge is 2.17. The highest BCUT2D eigenvalue weighted by Crippen LogP contribution is 2.41. The molecule has 0 amide bonds. The maximum absolute atomic E-state index is 2.38. The molecule has 0 aliphatic heterocycles. The Labute approximate surface area is 156 Å². The van der Waals surface area contributed by atoms with Crippen molar-refractivity contribution in [3.8, 4) is 11.1 Å². The molecule has 0 spiro atoms. The van der Waals surface area contributed by atoms with Crippen LogP contribution in [-0.4, -0.2) is 0 Å². The molecule has 0 aromatic heterocycles. The second kappa shape index (κ2) is 6.61. The number of hydrogen-bond acceptors (Lipinski definition) is 0. The summed E-state index contributed by atoms with van der Waals surface area (Å²) in [5, 5.41) is 5.42. The van der Waals surface area contributed by atoms with Gasteiger partial charge in [0.25, 0.3) is 0 Å². The minimum atomic E-state index is 0.551. The molecule has 0 N–H and O–H groups in total. The molecule has 0 saturated heterocycles. The van der Waals surface area contributed by atoms with Crippen LogP contribution >= 0.6 is 0 Å². The molecule has 0 bridgehead atoms. The van der Waals surface area contributed by atoms with Gasteiger partial charge in [-0.05, 0) is 70.0 Å². The van der Waals surface area contributed by atoms with Crippen LogP contribution in [0.15, 0.2) is 66.7 Å². The van der Waals surface area contributed by atoms with Crippen molar-refractivity contribution in [2.45, 2.75) is 40.0 Å². The normalized spacial score (nSPS) is 12.6. The topological polar surface area (TPSA) is 0 Å².